The number of rotatable bonds is 6. The van der Waals surface area contributed by atoms with Gasteiger partial charge in [0, 0.05) is 27.7 Å². The van der Waals surface area contributed by atoms with Crippen LogP contribution in [0.2, 0.25) is 0 Å². The van der Waals surface area contributed by atoms with Gasteiger partial charge < -0.3 is 10.1 Å². The lowest BCUT2D eigenvalue weighted by atomic mass is 9.80. The van der Waals surface area contributed by atoms with Crippen molar-refractivity contribution in [3.05, 3.63) is 57.6 Å². The normalized spacial score (nSPS) is 17.7. The maximum Gasteiger partial charge on any atom is 0.227 e. The molecule has 0 heterocycles. The Hall–Kier alpha value is -2.14. The lowest BCUT2D eigenvalue weighted by molar-refractivity contribution is -0.121. The van der Waals surface area contributed by atoms with Crippen molar-refractivity contribution in [2.75, 3.05) is 12.4 Å². The Morgan fingerprint density at radius 1 is 1.06 bits per heavy atom. The molecule has 1 aliphatic carbocycles. The van der Waals surface area contributed by atoms with Crippen molar-refractivity contribution in [3.8, 4) is 5.75 Å². The lowest BCUT2D eigenvalue weighted by Crippen LogP contribution is -2.27. The van der Waals surface area contributed by atoms with Gasteiger partial charge in [-0.15, -0.1) is 0 Å². The van der Waals surface area contributed by atoms with E-state index < -0.39 is 0 Å². The minimum Gasteiger partial charge on any atom is -0.496 e. The van der Waals surface area contributed by atoms with Gasteiger partial charge in [0.25, 0.3) is 0 Å². The van der Waals surface area contributed by atoms with E-state index in [4.69, 9.17) is 4.74 Å². The van der Waals surface area contributed by atoms with Crippen molar-refractivity contribution in [3.63, 3.8) is 0 Å². The molecule has 0 spiro atoms. The molecule has 174 valence electrons. The van der Waals surface area contributed by atoms with Crippen LogP contribution in [-0.2, 0) is 11.2 Å². The zero-order valence-corrected chi connectivity index (χ0v) is 21.6. The molecule has 1 fully saturated rings. The molecule has 2 aromatic carbocycles. The Labute approximate surface area is 201 Å². The number of methoxy groups -OCH3 is 1. The molecule has 0 atom stereocenters. The molecular formula is C27H36BrNO3. The Morgan fingerprint density at radius 3 is 2.31 bits per heavy atom. The predicted octanol–water partition coefficient (Wildman–Crippen LogP) is 7.37. The first-order valence-electron chi connectivity index (χ1n) is 11.5. The van der Waals surface area contributed by atoms with Gasteiger partial charge in [-0.2, -0.15) is 0 Å². The molecule has 0 aromatic heterocycles. The summed E-state index contributed by atoms with van der Waals surface area (Å²) in [5.41, 5.74) is 3.85. The van der Waals surface area contributed by atoms with Crippen molar-refractivity contribution in [1.29, 1.82) is 0 Å². The Balaban J connectivity index is 0.000000258. The molecule has 0 saturated heterocycles. The topological polar surface area (TPSA) is 55.4 Å². The van der Waals surface area contributed by atoms with Crippen LogP contribution in [0.15, 0.2) is 40.9 Å². The smallest absolute Gasteiger partial charge is 0.227 e. The van der Waals surface area contributed by atoms with Crippen LogP contribution in [0.4, 0.5) is 5.69 Å². The number of hydrogen-bond donors (Lipinski definition) is 1. The highest BCUT2D eigenvalue weighted by atomic mass is 79.9. The van der Waals surface area contributed by atoms with Gasteiger partial charge in [-0.1, -0.05) is 48.3 Å². The van der Waals surface area contributed by atoms with Crippen LogP contribution in [0.5, 0.6) is 5.75 Å². The van der Waals surface area contributed by atoms with Crippen molar-refractivity contribution >= 4 is 33.3 Å². The fourth-order valence-electron chi connectivity index (χ4n) is 4.17. The largest absolute Gasteiger partial charge is 0.496 e. The monoisotopic (exact) mass is 501 g/mol. The number of benzene rings is 2. The van der Waals surface area contributed by atoms with E-state index in [1.54, 1.807) is 14.0 Å². The number of hydrogen-bond acceptors (Lipinski definition) is 3. The number of halogens is 1. The first-order chi connectivity index (χ1) is 15.3. The molecule has 3 rings (SSSR count). The first kappa shape index (κ1) is 26.1. The molecule has 1 amide bonds. The zero-order chi connectivity index (χ0) is 23.7. The fourth-order valence-corrected chi connectivity index (χ4v) is 4.58. The van der Waals surface area contributed by atoms with Gasteiger partial charge in [0.1, 0.15) is 5.75 Å². The van der Waals surface area contributed by atoms with Crippen molar-refractivity contribution in [1.82, 2.24) is 0 Å². The van der Waals surface area contributed by atoms with E-state index in [2.05, 4.69) is 28.2 Å². The van der Waals surface area contributed by atoms with Gasteiger partial charge in [0.15, 0.2) is 5.78 Å². The standard InChI is InChI=1S/C17H25NO2.C10H11BrO/c1-4-13-6-8-14(9-7-13)17(19)18-15-10-5-12(2)16(11-15)20-3;1-3-8-6-9(11)4-5-10(8)7(2)12/h5,10-11,13-14H,4,6-9H2,1-3H3,(H,18,19);4-6H,3H2,1-2H3. The van der Waals surface area contributed by atoms with E-state index in [0.29, 0.717) is 0 Å². The molecule has 0 aliphatic heterocycles. The predicted molar refractivity (Wildman–Crippen MR) is 136 cm³/mol. The second-order valence-corrected chi connectivity index (χ2v) is 9.43. The summed E-state index contributed by atoms with van der Waals surface area (Å²) in [6.45, 7) is 7.89. The number of nitrogens with one attached hydrogen (secondary N) is 1. The van der Waals surface area contributed by atoms with E-state index in [1.165, 1.54) is 19.3 Å². The average molecular weight is 502 g/mol. The summed E-state index contributed by atoms with van der Waals surface area (Å²) in [5.74, 6) is 2.10. The summed E-state index contributed by atoms with van der Waals surface area (Å²) in [4.78, 5) is 23.4. The summed E-state index contributed by atoms with van der Waals surface area (Å²) in [6.07, 6.45) is 6.55. The van der Waals surface area contributed by atoms with Crippen molar-refractivity contribution in [2.45, 2.75) is 66.2 Å². The fraction of sp³-hybridized carbons (Fsp3) is 0.481. The highest BCUT2D eigenvalue weighted by molar-refractivity contribution is 9.10. The summed E-state index contributed by atoms with van der Waals surface area (Å²) in [7, 11) is 1.65. The summed E-state index contributed by atoms with van der Waals surface area (Å²) >= 11 is 3.37. The summed E-state index contributed by atoms with van der Waals surface area (Å²) in [5, 5.41) is 3.03. The van der Waals surface area contributed by atoms with E-state index in [1.807, 2.05) is 50.2 Å². The maximum absolute atomic E-state index is 12.3. The average Bonchev–Trinajstić information content (AvgIpc) is 2.80. The van der Waals surface area contributed by atoms with E-state index in [9.17, 15) is 9.59 Å². The number of ketones is 1. The van der Waals surface area contributed by atoms with E-state index >= 15 is 0 Å². The molecule has 4 nitrogen and oxygen atoms in total. The number of carbonyl (C=O) groups is 2. The highest BCUT2D eigenvalue weighted by Gasteiger charge is 2.25. The number of Topliss-reactive ketones (excluding diaryl/α,β-unsaturated/α-hetero) is 1. The van der Waals surface area contributed by atoms with Crippen molar-refractivity contribution in [2.24, 2.45) is 11.8 Å². The number of anilines is 1. The van der Waals surface area contributed by atoms with Crippen LogP contribution in [0.1, 0.15) is 74.4 Å². The Morgan fingerprint density at radius 2 is 1.75 bits per heavy atom. The minimum absolute atomic E-state index is 0.138. The molecule has 0 radical (unpaired) electrons. The van der Waals surface area contributed by atoms with Crippen LogP contribution in [0, 0.1) is 18.8 Å². The molecule has 1 aliphatic rings. The third kappa shape index (κ3) is 7.47. The van der Waals surface area contributed by atoms with Crippen LogP contribution < -0.4 is 10.1 Å². The van der Waals surface area contributed by atoms with E-state index in [0.717, 1.165) is 57.8 Å². The van der Waals surface area contributed by atoms with Gasteiger partial charge in [-0.25, -0.2) is 0 Å². The SMILES string of the molecule is CCC1CCC(C(=O)Nc2ccc(C)c(OC)c2)CC1.CCc1cc(Br)ccc1C(C)=O. The molecule has 1 N–H and O–H groups in total. The Kier molecular flexibility index (Phi) is 10.4. The van der Waals surface area contributed by atoms with Gasteiger partial charge in [-0.3, -0.25) is 9.59 Å². The molecule has 0 unspecified atom stereocenters. The van der Waals surface area contributed by atoms with Crippen LogP contribution in [-0.4, -0.2) is 18.8 Å². The second-order valence-electron chi connectivity index (χ2n) is 8.51. The lowest BCUT2D eigenvalue weighted by Gasteiger charge is -2.27. The van der Waals surface area contributed by atoms with Crippen LogP contribution >= 0.6 is 15.9 Å². The molecule has 2 aromatic rings. The quantitative estimate of drug-likeness (QED) is 0.420. The molecular weight excluding hydrogens is 466 g/mol. The maximum atomic E-state index is 12.3. The summed E-state index contributed by atoms with van der Waals surface area (Å²) in [6, 6.07) is 11.6. The van der Waals surface area contributed by atoms with Crippen molar-refractivity contribution < 1.29 is 14.3 Å². The van der Waals surface area contributed by atoms with Crippen LogP contribution in [0.3, 0.4) is 0 Å². The van der Waals surface area contributed by atoms with Crippen LogP contribution in [0.25, 0.3) is 0 Å². The molecule has 5 heteroatoms. The first-order valence-corrected chi connectivity index (χ1v) is 12.3. The van der Waals surface area contributed by atoms with Gasteiger partial charge in [-0.05, 0) is 81.2 Å². The third-order valence-electron chi connectivity index (χ3n) is 6.30. The second kappa shape index (κ2) is 12.8. The molecule has 1 saturated carbocycles. The van der Waals surface area contributed by atoms with E-state index in [-0.39, 0.29) is 17.6 Å². The minimum atomic E-state index is 0.138. The number of carbonyl (C=O) groups excluding carboxylic acids is 2. The number of ether oxygens (including phenoxy) is 1. The summed E-state index contributed by atoms with van der Waals surface area (Å²) < 4.78 is 6.32. The van der Waals surface area contributed by atoms with Gasteiger partial charge >= 0.3 is 0 Å². The number of amides is 1. The zero-order valence-electron chi connectivity index (χ0n) is 20.0. The third-order valence-corrected chi connectivity index (χ3v) is 6.79. The molecule has 32 heavy (non-hydrogen) atoms. The number of aryl methyl sites for hydroxylation is 2. The van der Waals surface area contributed by atoms with Gasteiger partial charge in [0.2, 0.25) is 5.91 Å². The van der Waals surface area contributed by atoms with Gasteiger partial charge in [0.05, 0.1) is 7.11 Å². The molecule has 0 bridgehead atoms. The highest BCUT2D eigenvalue weighted by Crippen LogP contribution is 2.31. The Bertz CT molecular complexity index is 917.